The highest BCUT2D eigenvalue weighted by Gasteiger charge is 2.39. The fourth-order valence-corrected chi connectivity index (χ4v) is 5.77. The smallest absolute Gasteiger partial charge is 0.255 e. The molecule has 194 valence electrons. The zero-order valence-corrected chi connectivity index (χ0v) is 21.1. The van der Waals surface area contributed by atoms with Crippen molar-refractivity contribution in [2.24, 2.45) is 0 Å². The van der Waals surface area contributed by atoms with Gasteiger partial charge in [-0.1, -0.05) is 24.3 Å². The zero-order valence-electron chi connectivity index (χ0n) is 21.1. The molecule has 0 bridgehead atoms. The van der Waals surface area contributed by atoms with E-state index in [0.29, 0.717) is 18.5 Å². The lowest BCUT2D eigenvalue weighted by molar-refractivity contribution is -0.136. The average Bonchev–Trinajstić information content (AvgIpc) is 3.26. The molecule has 1 aromatic carbocycles. The predicted molar refractivity (Wildman–Crippen MR) is 140 cm³/mol. The summed E-state index contributed by atoms with van der Waals surface area (Å²) in [7, 11) is 0. The van der Waals surface area contributed by atoms with E-state index in [-0.39, 0.29) is 30.2 Å². The van der Waals surface area contributed by atoms with E-state index >= 15 is 0 Å². The Bertz CT molecular complexity index is 1300. The van der Waals surface area contributed by atoms with Gasteiger partial charge in [-0.2, -0.15) is 0 Å². The highest BCUT2D eigenvalue weighted by Crippen LogP contribution is 2.30. The number of benzene rings is 1. The zero-order chi connectivity index (χ0) is 26.1. The fourth-order valence-electron chi connectivity index (χ4n) is 5.77. The maximum absolute atomic E-state index is 13.0. The normalized spacial score (nSPS) is 20.6. The van der Waals surface area contributed by atoms with Crippen molar-refractivity contribution in [3.05, 3.63) is 95.1 Å². The number of hydrogen-bond donors (Lipinski definition) is 1. The molecule has 3 amide bonds. The van der Waals surface area contributed by atoms with E-state index in [2.05, 4.69) is 43.3 Å². The molecule has 0 spiro atoms. The number of amides is 3. The van der Waals surface area contributed by atoms with Gasteiger partial charge in [-0.05, 0) is 47.9 Å². The Kier molecular flexibility index (Phi) is 6.70. The van der Waals surface area contributed by atoms with Gasteiger partial charge in [-0.15, -0.1) is 0 Å². The fraction of sp³-hybridized carbons (Fsp3) is 0.345. The minimum Gasteiger partial charge on any atom is -0.322 e. The Morgan fingerprint density at radius 1 is 0.895 bits per heavy atom. The first-order chi connectivity index (χ1) is 18.6. The minimum atomic E-state index is -0.588. The van der Waals surface area contributed by atoms with Crippen LogP contribution in [0, 0.1) is 0 Å². The maximum Gasteiger partial charge on any atom is 0.255 e. The van der Waals surface area contributed by atoms with Gasteiger partial charge in [0.25, 0.3) is 5.91 Å². The first-order valence-corrected chi connectivity index (χ1v) is 13.1. The number of nitrogens with one attached hydrogen (secondary N) is 1. The molecule has 6 rings (SSSR count). The molecule has 1 atom stereocenters. The molecule has 0 aliphatic carbocycles. The molecule has 3 aliphatic rings. The molecule has 2 saturated heterocycles. The number of imide groups is 1. The summed E-state index contributed by atoms with van der Waals surface area (Å²) in [6, 6.07) is 17.5. The second-order valence-electron chi connectivity index (χ2n) is 10.1. The third kappa shape index (κ3) is 4.82. The third-order valence-electron chi connectivity index (χ3n) is 7.70. The van der Waals surface area contributed by atoms with E-state index in [1.165, 1.54) is 0 Å². The van der Waals surface area contributed by atoms with E-state index in [1.807, 2.05) is 48.8 Å². The maximum atomic E-state index is 13.0. The Morgan fingerprint density at radius 2 is 1.61 bits per heavy atom. The van der Waals surface area contributed by atoms with Crippen LogP contribution in [-0.4, -0.2) is 74.6 Å². The number of rotatable bonds is 6. The number of hydrogen-bond acceptors (Lipinski definition) is 7. The van der Waals surface area contributed by atoms with Gasteiger partial charge >= 0.3 is 0 Å². The number of fused-ring (bicyclic) bond motifs is 1. The molecule has 9 nitrogen and oxygen atoms in total. The lowest BCUT2D eigenvalue weighted by atomic mass is 10.0. The van der Waals surface area contributed by atoms with Crippen LogP contribution in [0.25, 0.3) is 0 Å². The summed E-state index contributed by atoms with van der Waals surface area (Å²) in [5.41, 5.74) is 4.76. The molecule has 2 fully saturated rings. The van der Waals surface area contributed by atoms with E-state index in [0.717, 1.165) is 55.2 Å². The van der Waals surface area contributed by atoms with E-state index < -0.39 is 6.04 Å². The molecule has 38 heavy (non-hydrogen) atoms. The highest BCUT2D eigenvalue weighted by molar-refractivity contribution is 6.05. The van der Waals surface area contributed by atoms with Gasteiger partial charge in [0, 0.05) is 63.6 Å². The molecule has 3 aliphatic heterocycles. The Labute approximate surface area is 221 Å². The van der Waals surface area contributed by atoms with Crippen LogP contribution in [0.15, 0.2) is 67.0 Å². The molecule has 0 saturated carbocycles. The largest absolute Gasteiger partial charge is 0.322 e. The van der Waals surface area contributed by atoms with Crippen molar-refractivity contribution in [2.45, 2.75) is 38.0 Å². The second-order valence-corrected chi connectivity index (χ2v) is 10.1. The standard InChI is InChI=1S/C29H30N6O3/c36-26-10-9-25(28(37)32-26)35-19-21-17-20(7-8-22(21)29(35)38)18-33-13-15-34(16-14-33)27(23-5-1-3-11-30-23)24-6-2-4-12-31-24/h1-8,11-12,17,25,27H,9-10,13-16,18-19H2,(H,32,36,37). The van der Waals surface area contributed by atoms with Crippen LogP contribution in [0.1, 0.15) is 51.8 Å². The van der Waals surface area contributed by atoms with Crippen LogP contribution in [0.4, 0.5) is 0 Å². The number of carbonyl (C=O) groups excluding carboxylic acids is 3. The minimum absolute atomic E-state index is 0.0174. The summed E-state index contributed by atoms with van der Waals surface area (Å²) < 4.78 is 0. The van der Waals surface area contributed by atoms with Crippen molar-refractivity contribution in [1.82, 2.24) is 30.0 Å². The SMILES string of the molecule is O=C1CCC(N2Cc3cc(CN4CCN(C(c5ccccn5)c5ccccn5)CC4)ccc3C2=O)C(=O)N1. The molecule has 1 unspecified atom stereocenters. The monoisotopic (exact) mass is 510 g/mol. The van der Waals surface area contributed by atoms with Crippen LogP contribution >= 0.6 is 0 Å². The predicted octanol–water partition coefficient (Wildman–Crippen LogP) is 2.14. The van der Waals surface area contributed by atoms with E-state index in [9.17, 15) is 14.4 Å². The molecule has 1 N–H and O–H groups in total. The molecule has 5 heterocycles. The summed E-state index contributed by atoms with van der Waals surface area (Å²) >= 11 is 0. The molecule has 2 aromatic heterocycles. The summed E-state index contributed by atoms with van der Waals surface area (Å²) in [6.07, 6.45) is 4.30. The van der Waals surface area contributed by atoms with Crippen LogP contribution < -0.4 is 5.32 Å². The molecule has 0 radical (unpaired) electrons. The number of nitrogens with zero attached hydrogens (tertiary/aromatic N) is 5. The number of aromatic nitrogens is 2. The van der Waals surface area contributed by atoms with Gasteiger partial charge < -0.3 is 4.90 Å². The van der Waals surface area contributed by atoms with E-state index in [1.54, 1.807) is 4.90 Å². The van der Waals surface area contributed by atoms with Crippen molar-refractivity contribution >= 4 is 17.7 Å². The van der Waals surface area contributed by atoms with Crippen molar-refractivity contribution in [2.75, 3.05) is 26.2 Å². The summed E-state index contributed by atoms with van der Waals surface area (Å²) in [5.74, 6) is -0.788. The Morgan fingerprint density at radius 3 is 2.24 bits per heavy atom. The summed E-state index contributed by atoms with van der Waals surface area (Å²) in [6.45, 7) is 4.81. The van der Waals surface area contributed by atoms with Crippen molar-refractivity contribution in [1.29, 1.82) is 0 Å². The Balaban J connectivity index is 1.11. The van der Waals surface area contributed by atoms with Gasteiger partial charge in [0.2, 0.25) is 11.8 Å². The average molecular weight is 511 g/mol. The van der Waals surface area contributed by atoms with Crippen molar-refractivity contribution < 1.29 is 14.4 Å². The summed E-state index contributed by atoms with van der Waals surface area (Å²) in [5, 5.41) is 2.36. The topological polar surface area (TPSA) is 98.7 Å². The molecule has 3 aromatic rings. The first-order valence-electron chi connectivity index (χ1n) is 13.1. The van der Waals surface area contributed by atoms with Gasteiger partial charge in [0.05, 0.1) is 17.4 Å². The van der Waals surface area contributed by atoms with Gasteiger partial charge in [0.1, 0.15) is 6.04 Å². The molecule has 9 heteroatoms. The lowest BCUT2D eigenvalue weighted by Crippen LogP contribution is -2.52. The quantitative estimate of drug-likeness (QED) is 0.508. The van der Waals surface area contributed by atoms with Gasteiger partial charge in [-0.3, -0.25) is 39.5 Å². The number of piperazine rings is 1. The Hall–Kier alpha value is -3.95. The highest BCUT2D eigenvalue weighted by atomic mass is 16.2. The lowest BCUT2D eigenvalue weighted by Gasteiger charge is -2.39. The third-order valence-corrected chi connectivity index (χ3v) is 7.70. The number of piperidine rings is 1. The van der Waals surface area contributed by atoms with Crippen LogP contribution in [0.5, 0.6) is 0 Å². The van der Waals surface area contributed by atoms with Crippen molar-refractivity contribution in [3.8, 4) is 0 Å². The van der Waals surface area contributed by atoms with Crippen LogP contribution in [-0.2, 0) is 22.7 Å². The molecular weight excluding hydrogens is 480 g/mol. The number of carbonyl (C=O) groups is 3. The summed E-state index contributed by atoms with van der Waals surface area (Å²) in [4.78, 5) is 52.6. The van der Waals surface area contributed by atoms with Crippen molar-refractivity contribution in [3.63, 3.8) is 0 Å². The second kappa shape index (κ2) is 10.4. The van der Waals surface area contributed by atoms with Gasteiger partial charge in [-0.25, -0.2) is 0 Å². The molecular formula is C29H30N6O3. The first kappa shape index (κ1) is 24.4. The number of pyridine rings is 2. The van der Waals surface area contributed by atoms with E-state index in [4.69, 9.17) is 0 Å². The van der Waals surface area contributed by atoms with Crippen LogP contribution in [0.3, 0.4) is 0 Å². The van der Waals surface area contributed by atoms with Crippen LogP contribution in [0.2, 0.25) is 0 Å². The van der Waals surface area contributed by atoms with Gasteiger partial charge in [0.15, 0.2) is 0 Å².